The van der Waals surface area contributed by atoms with E-state index < -0.39 is 17.4 Å². The summed E-state index contributed by atoms with van der Waals surface area (Å²) in [5.74, 6) is -1.24. The molecule has 0 saturated carbocycles. The summed E-state index contributed by atoms with van der Waals surface area (Å²) < 4.78 is 5.37. The largest absolute Gasteiger partial charge is 0.389 e. The highest BCUT2D eigenvalue weighted by atomic mass is 79.9. The van der Waals surface area contributed by atoms with Gasteiger partial charge < -0.3 is 4.74 Å². The second kappa shape index (κ2) is 4.74. The van der Waals surface area contributed by atoms with Crippen molar-refractivity contribution in [3.8, 4) is 0 Å². The zero-order valence-corrected chi connectivity index (χ0v) is 10.9. The lowest BCUT2D eigenvalue weighted by molar-refractivity contribution is -0.146. The molecule has 0 amide bonds. The maximum absolute atomic E-state index is 11.6. The van der Waals surface area contributed by atoms with E-state index in [0.29, 0.717) is 4.47 Å². The smallest absolute Gasteiger partial charge is 0.347 e. The normalized spacial score (nSPS) is 11.0. The number of pyridine rings is 1. The Hall–Kier alpha value is -1.23. The van der Waals surface area contributed by atoms with Gasteiger partial charge in [0.25, 0.3) is 0 Å². The monoisotopic (exact) mass is 285 g/mol. The van der Waals surface area contributed by atoms with Crippen molar-refractivity contribution in [2.45, 2.75) is 20.8 Å². The van der Waals surface area contributed by atoms with Crippen LogP contribution in [-0.4, -0.2) is 16.9 Å². The molecule has 0 aliphatic carbocycles. The van der Waals surface area contributed by atoms with Gasteiger partial charge in [-0.25, -0.2) is 4.79 Å². The molecule has 16 heavy (non-hydrogen) atoms. The molecule has 1 aromatic heterocycles. The molecule has 0 unspecified atom stereocenters. The van der Waals surface area contributed by atoms with Crippen LogP contribution in [-0.2, 0) is 9.53 Å². The summed E-state index contributed by atoms with van der Waals surface area (Å²) in [5, 5.41) is 0. The Bertz CT molecular complexity index is 423. The lowest BCUT2D eigenvalue weighted by atomic mass is 9.97. The number of halogens is 1. The Balaban J connectivity index is 2.78. The molecule has 4 nitrogen and oxygen atoms in total. The molecule has 86 valence electrons. The number of hydrogen-bond acceptors (Lipinski definition) is 4. The third-order valence-corrected chi connectivity index (χ3v) is 2.17. The van der Waals surface area contributed by atoms with Crippen LogP contribution in [0.1, 0.15) is 31.1 Å². The van der Waals surface area contributed by atoms with E-state index in [4.69, 9.17) is 4.74 Å². The Kier molecular flexibility index (Phi) is 3.80. The predicted molar refractivity (Wildman–Crippen MR) is 61.8 cm³/mol. The maximum Gasteiger partial charge on any atom is 0.347 e. The highest BCUT2D eigenvalue weighted by Crippen LogP contribution is 2.17. The molecule has 0 atom stereocenters. The molecule has 0 N–H and O–H groups in total. The molecule has 0 aromatic carbocycles. The van der Waals surface area contributed by atoms with Crippen molar-refractivity contribution in [2.75, 3.05) is 0 Å². The minimum Gasteiger partial charge on any atom is -0.389 e. The first-order valence-corrected chi connectivity index (χ1v) is 5.47. The van der Waals surface area contributed by atoms with Gasteiger partial charge in [-0.2, -0.15) is 0 Å². The van der Waals surface area contributed by atoms with Crippen LogP contribution in [0.25, 0.3) is 0 Å². The molecular formula is C11H12BrNO3. The quantitative estimate of drug-likeness (QED) is 0.588. The van der Waals surface area contributed by atoms with Crippen molar-refractivity contribution < 1.29 is 14.3 Å². The predicted octanol–water partition coefficient (Wildman–Crippen LogP) is 2.57. The van der Waals surface area contributed by atoms with E-state index in [1.807, 2.05) is 0 Å². The van der Waals surface area contributed by atoms with Crippen LogP contribution in [0.15, 0.2) is 22.9 Å². The third-order valence-electron chi connectivity index (χ3n) is 1.74. The summed E-state index contributed by atoms with van der Waals surface area (Å²) in [6, 6.07) is 1.55. The van der Waals surface area contributed by atoms with E-state index in [-0.39, 0.29) is 5.56 Å². The van der Waals surface area contributed by atoms with E-state index >= 15 is 0 Å². The van der Waals surface area contributed by atoms with Crippen molar-refractivity contribution in [3.63, 3.8) is 0 Å². The first-order chi connectivity index (χ1) is 7.30. The highest BCUT2D eigenvalue weighted by Gasteiger charge is 2.26. The van der Waals surface area contributed by atoms with Crippen LogP contribution in [0.5, 0.6) is 0 Å². The Morgan fingerprint density at radius 2 is 1.94 bits per heavy atom. The van der Waals surface area contributed by atoms with E-state index in [1.165, 1.54) is 6.20 Å². The maximum atomic E-state index is 11.6. The third kappa shape index (κ3) is 3.41. The second-order valence-electron chi connectivity index (χ2n) is 4.32. The van der Waals surface area contributed by atoms with Gasteiger partial charge in [-0.05, 0) is 42.8 Å². The van der Waals surface area contributed by atoms with Gasteiger partial charge in [-0.3, -0.25) is 9.78 Å². The SMILES string of the molecule is CC(C)(C)C(=O)OC(=O)c1cncc(Br)c1. The van der Waals surface area contributed by atoms with Gasteiger partial charge in [0, 0.05) is 16.9 Å². The van der Waals surface area contributed by atoms with Crippen LogP contribution in [0.4, 0.5) is 0 Å². The molecule has 0 radical (unpaired) electrons. The molecule has 0 spiro atoms. The van der Waals surface area contributed by atoms with E-state index in [9.17, 15) is 9.59 Å². The molecule has 1 aromatic rings. The van der Waals surface area contributed by atoms with Gasteiger partial charge in [0.05, 0.1) is 11.0 Å². The fraction of sp³-hybridized carbons (Fsp3) is 0.364. The summed E-state index contributed by atoms with van der Waals surface area (Å²) in [7, 11) is 0. The standard InChI is InChI=1S/C11H12BrNO3/c1-11(2,3)10(15)16-9(14)7-4-8(12)6-13-5-7/h4-6H,1-3H3. The Morgan fingerprint density at radius 3 is 2.44 bits per heavy atom. The summed E-state index contributed by atoms with van der Waals surface area (Å²) >= 11 is 3.18. The number of rotatable bonds is 1. The molecular weight excluding hydrogens is 274 g/mol. The Morgan fingerprint density at radius 1 is 1.31 bits per heavy atom. The average Bonchev–Trinajstić information content (AvgIpc) is 2.16. The summed E-state index contributed by atoms with van der Waals surface area (Å²) in [5.41, 5.74) is -0.457. The van der Waals surface area contributed by atoms with Gasteiger partial charge in [-0.15, -0.1) is 0 Å². The van der Waals surface area contributed by atoms with Crippen LogP contribution < -0.4 is 0 Å². The molecule has 0 bridgehead atoms. The molecule has 0 aliphatic rings. The summed E-state index contributed by atoms with van der Waals surface area (Å²) in [4.78, 5) is 26.8. The van der Waals surface area contributed by atoms with Crippen LogP contribution in [0.3, 0.4) is 0 Å². The van der Waals surface area contributed by atoms with Crippen LogP contribution in [0.2, 0.25) is 0 Å². The number of aromatic nitrogens is 1. The molecule has 5 heteroatoms. The topological polar surface area (TPSA) is 56.3 Å². The summed E-state index contributed by atoms with van der Waals surface area (Å²) in [6.07, 6.45) is 2.89. The van der Waals surface area contributed by atoms with Crippen molar-refractivity contribution in [1.82, 2.24) is 4.98 Å². The lowest BCUT2D eigenvalue weighted by Gasteiger charge is -2.15. The van der Waals surface area contributed by atoms with Crippen molar-refractivity contribution in [2.24, 2.45) is 5.41 Å². The van der Waals surface area contributed by atoms with Crippen molar-refractivity contribution in [3.05, 3.63) is 28.5 Å². The van der Waals surface area contributed by atoms with Crippen LogP contribution >= 0.6 is 15.9 Å². The van der Waals surface area contributed by atoms with Gasteiger partial charge in [-0.1, -0.05) is 0 Å². The average molecular weight is 286 g/mol. The zero-order valence-electron chi connectivity index (χ0n) is 9.28. The van der Waals surface area contributed by atoms with Gasteiger partial charge in [0.2, 0.25) is 0 Å². The number of carbonyl (C=O) groups excluding carboxylic acids is 2. The minimum absolute atomic E-state index is 0.243. The molecule has 0 fully saturated rings. The number of ether oxygens (including phenoxy) is 1. The van der Waals surface area contributed by atoms with Crippen LogP contribution in [0, 0.1) is 5.41 Å². The second-order valence-corrected chi connectivity index (χ2v) is 5.23. The van der Waals surface area contributed by atoms with Gasteiger partial charge in [0.15, 0.2) is 0 Å². The van der Waals surface area contributed by atoms with Gasteiger partial charge in [0.1, 0.15) is 0 Å². The molecule has 0 saturated heterocycles. The number of nitrogens with zero attached hydrogens (tertiary/aromatic N) is 1. The molecule has 1 heterocycles. The molecule has 0 aliphatic heterocycles. The summed E-state index contributed by atoms with van der Waals surface area (Å²) in [6.45, 7) is 5.05. The fourth-order valence-electron chi connectivity index (χ4n) is 0.820. The first kappa shape index (κ1) is 12.8. The first-order valence-electron chi connectivity index (χ1n) is 4.68. The highest BCUT2D eigenvalue weighted by molar-refractivity contribution is 9.10. The van der Waals surface area contributed by atoms with E-state index in [1.54, 1.807) is 33.0 Å². The van der Waals surface area contributed by atoms with E-state index in [2.05, 4.69) is 20.9 Å². The van der Waals surface area contributed by atoms with Crippen molar-refractivity contribution in [1.29, 1.82) is 0 Å². The van der Waals surface area contributed by atoms with Crippen molar-refractivity contribution >= 4 is 27.9 Å². The van der Waals surface area contributed by atoms with Gasteiger partial charge >= 0.3 is 11.9 Å². The fourth-order valence-corrected chi connectivity index (χ4v) is 1.18. The number of esters is 2. The molecule has 1 rings (SSSR count). The minimum atomic E-state index is -0.699. The number of hydrogen-bond donors (Lipinski definition) is 0. The number of carbonyl (C=O) groups is 2. The zero-order chi connectivity index (χ0) is 12.3. The lowest BCUT2D eigenvalue weighted by Crippen LogP contribution is -2.25. The van der Waals surface area contributed by atoms with E-state index in [0.717, 1.165) is 0 Å². The Labute approximate surface area is 102 Å².